The van der Waals surface area contributed by atoms with E-state index in [0.29, 0.717) is 12.2 Å². The lowest BCUT2D eigenvalue weighted by Crippen LogP contribution is -2.30. The Kier molecular flexibility index (Phi) is 7.28. The molecule has 0 aliphatic rings. The van der Waals surface area contributed by atoms with Crippen molar-refractivity contribution < 1.29 is 23.9 Å². The number of carbonyl (C=O) groups is 3. The maximum absolute atomic E-state index is 12.4. The molecule has 0 fully saturated rings. The molecule has 0 radical (unpaired) electrons. The molecular weight excluding hydrogens is 360 g/mol. The zero-order valence-electron chi connectivity index (χ0n) is 16.4. The van der Waals surface area contributed by atoms with Gasteiger partial charge < -0.3 is 14.8 Å². The fraction of sp³-hybridized carbons (Fsp3) is 0.286. The number of anilines is 1. The summed E-state index contributed by atoms with van der Waals surface area (Å²) in [6.07, 6.45) is 0. The highest BCUT2D eigenvalue weighted by molar-refractivity contribution is 5.99. The number of methoxy groups -OCH3 is 2. The van der Waals surface area contributed by atoms with Crippen LogP contribution in [0.3, 0.4) is 0 Å². The topological polar surface area (TPSA) is 84.9 Å². The van der Waals surface area contributed by atoms with Crippen molar-refractivity contribution in [3.8, 4) is 0 Å². The van der Waals surface area contributed by atoms with Crippen LogP contribution in [-0.2, 0) is 20.8 Å². The fourth-order valence-electron chi connectivity index (χ4n) is 2.68. The van der Waals surface area contributed by atoms with E-state index in [1.807, 2.05) is 43.1 Å². The summed E-state index contributed by atoms with van der Waals surface area (Å²) in [7, 11) is 4.32. The number of ether oxygens (including phenoxy) is 2. The van der Waals surface area contributed by atoms with E-state index in [1.165, 1.54) is 38.0 Å². The monoisotopic (exact) mass is 384 g/mol. The Labute approximate surface area is 164 Å². The van der Waals surface area contributed by atoms with Gasteiger partial charge in [-0.2, -0.15) is 0 Å². The minimum atomic E-state index is -0.613. The number of amides is 1. The van der Waals surface area contributed by atoms with Crippen molar-refractivity contribution >= 4 is 23.5 Å². The molecule has 0 unspecified atom stereocenters. The Hall–Kier alpha value is -3.19. The van der Waals surface area contributed by atoms with Gasteiger partial charge in [0, 0.05) is 12.2 Å². The van der Waals surface area contributed by atoms with Crippen LogP contribution in [0.5, 0.6) is 0 Å². The number of hydrogen-bond donors (Lipinski definition) is 1. The molecule has 0 atom stereocenters. The lowest BCUT2D eigenvalue weighted by Gasteiger charge is -2.17. The minimum absolute atomic E-state index is 0.143. The highest BCUT2D eigenvalue weighted by Crippen LogP contribution is 2.17. The average Bonchev–Trinajstić information content (AvgIpc) is 2.67. The lowest BCUT2D eigenvalue weighted by molar-refractivity contribution is -0.117. The molecular formula is C21H24N2O5. The van der Waals surface area contributed by atoms with Gasteiger partial charge >= 0.3 is 11.9 Å². The second-order valence-electron chi connectivity index (χ2n) is 6.49. The van der Waals surface area contributed by atoms with Gasteiger partial charge in [0.05, 0.1) is 31.9 Å². The van der Waals surface area contributed by atoms with Gasteiger partial charge in [-0.3, -0.25) is 9.69 Å². The van der Waals surface area contributed by atoms with Crippen LogP contribution in [0, 0.1) is 6.92 Å². The quantitative estimate of drug-likeness (QED) is 0.739. The van der Waals surface area contributed by atoms with Crippen LogP contribution >= 0.6 is 0 Å². The van der Waals surface area contributed by atoms with Crippen molar-refractivity contribution in [1.82, 2.24) is 4.90 Å². The zero-order valence-corrected chi connectivity index (χ0v) is 16.4. The summed E-state index contributed by atoms with van der Waals surface area (Å²) < 4.78 is 9.38. The van der Waals surface area contributed by atoms with Gasteiger partial charge in [-0.05, 0) is 37.7 Å². The Morgan fingerprint density at radius 1 is 0.929 bits per heavy atom. The van der Waals surface area contributed by atoms with Crippen molar-refractivity contribution in [2.24, 2.45) is 0 Å². The summed E-state index contributed by atoms with van der Waals surface area (Å²) in [6.45, 7) is 2.78. The number of nitrogens with one attached hydrogen (secondary N) is 1. The average molecular weight is 384 g/mol. The molecule has 28 heavy (non-hydrogen) atoms. The molecule has 0 aliphatic carbocycles. The highest BCUT2D eigenvalue weighted by atomic mass is 16.5. The first kappa shape index (κ1) is 21.1. The number of likely N-dealkylation sites (N-methyl/N-ethyl adjacent to an activating group) is 1. The van der Waals surface area contributed by atoms with Gasteiger partial charge in [0.25, 0.3) is 0 Å². The summed E-state index contributed by atoms with van der Waals surface area (Å²) in [5, 5.41) is 2.71. The Bertz CT molecular complexity index is 827. The molecule has 148 valence electrons. The molecule has 7 nitrogen and oxygen atoms in total. The molecule has 7 heteroatoms. The molecule has 1 N–H and O–H groups in total. The van der Waals surface area contributed by atoms with E-state index in [4.69, 9.17) is 9.47 Å². The summed E-state index contributed by atoms with van der Waals surface area (Å²) in [6, 6.07) is 12.4. The highest BCUT2D eigenvalue weighted by Gasteiger charge is 2.15. The van der Waals surface area contributed by atoms with Crippen LogP contribution < -0.4 is 5.32 Å². The van der Waals surface area contributed by atoms with Crippen molar-refractivity contribution in [2.45, 2.75) is 13.5 Å². The summed E-state index contributed by atoms with van der Waals surface area (Å²) in [4.78, 5) is 37.9. The first-order valence-corrected chi connectivity index (χ1v) is 8.68. The number of rotatable bonds is 7. The summed E-state index contributed by atoms with van der Waals surface area (Å²) >= 11 is 0. The van der Waals surface area contributed by atoms with Crippen LogP contribution in [0.4, 0.5) is 5.69 Å². The first-order chi connectivity index (χ1) is 13.3. The standard InChI is InChI=1S/C21H24N2O5/c1-14-5-7-15(8-6-14)12-23(2)13-19(24)22-18-10-16(20(25)27-3)9-17(11-18)21(26)28-4/h5-11H,12-13H2,1-4H3,(H,22,24). The maximum atomic E-state index is 12.4. The number of nitrogens with zero attached hydrogens (tertiary/aromatic N) is 1. The number of esters is 2. The number of benzene rings is 2. The fourth-order valence-corrected chi connectivity index (χ4v) is 2.68. The van der Waals surface area contributed by atoms with Crippen molar-refractivity contribution in [1.29, 1.82) is 0 Å². The molecule has 0 bridgehead atoms. The van der Waals surface area contributed by atoms with Crippen molar-refractivity contribution in [3.05, 3.63) is 64.7 Å². The lowest BCUT2D eigenvalue weighted by atomic mass is 10.1. The minimum Gasteiger partial charge on any atom is -0.465 e. The van der Waals surface area contributed by atoms with Crippen LogP contribution in [0.25, 0.3) is 0 Å². The predicted octanol–water partition coefficient (Wildman–Crippen LogP) is 2.64. The third-order valence-electron chi connectivity index (χ3n) is 4.05. The van der Waals surface area contributed by atoms with Crippen LogP contribution in [0.15, 0.2) is 42.5 Å². The molecule has 0 heterocycles. The second kappa shape index (κ2) is 9.66. The smallest absolute Gasteiger partial charge is 0.337 e. The van der Waals surface area contributed by atoms with Crippen molar-refractivity contribution in [2.75, 3.05) is 33.1 Å². The van der Waals surface area contributed by atoms with Gasteiger partial charge in [0.1, 0.15) is 0 Å². The molecule has 2 aromatic rings. The second-order valence-corrected chi connectivity index (χ2v) is 6.49. The van der Waals surface area contributed by atoms with Crippen molar-refractivity contribution in [3.63, 3.8) is 0 Å². The van der Waals surface area contributed by atoms with E-state index in [2.05, 4.69) is 5.32 Å². The van der Waals surface area contributed by atoms with Gasteiger partial charge in [-0.15, -0.1) is 0 Å². The molecule has 0 aliphatic heterocycles. The van der Waals surface area contributed by atoms with E-state index in [1.54, 1.807) is 0 Å². The molecule has 0 saturated heterocycles. The van der Waals surface area contributed by atoms with Crippen LogP contribution in [-0.4, -0.2) is 50.6 Å². The zero-order chi connectivity index (χ0) is 20.7. The third-order valence-corrected chi connectivity index (χ3v) is 4.05. The van der Waals surface area contributed by atoms with E-state index < -0.39 is 11.9 Å². The van der Waals surface area contributed by atoms with E-state index in [0.717, 1.165) is 5.56 Å². The Morgan fingerprint density at radius 3 is 1.96 bits per heavy atom. The number of hydrogen-bond acceptors (Lipinski definition) is 6. The maximum Gasteiger partial charge on any atom is 0.337 e. The largest absolute Gasteiger partial charge is 0.465 e. The molecule has 2 aromatic carbocycles. The van der Waals surface area contributed by atoms with Gasteiger partial charge in [-0.1, -0.05) is 29.8 Å². The summed E-state index contributed by atoms with van der Waals surface area (Å²) in [5.74, 6) is -1.50. The van der Waals surface area contributed by atoms with E-state index in [-0.39, 0.29) is 23.6 Å². The van der Waals surface area contributed by atoms with Gasteiger partial charge in [-0.25, -0.2) is 9.59 Å². The Morgan fingerprint density at radius 2 is 1.46 bits per heavy atom. The van der Waals surface area contributed by atoms with Crippen LogP contribution in [0.1, 0.15) is 31.8 Å². The Balaban J connectivity index is 2.08. The van der Waals surface area contributed by atoms with Gasteiger partial charge in [0.15, 0.2) is 0 Å². The first-order valence-electron chi connectivity index (χ1n) is 8.68. The molecule has 0 saturated carbocycles. The summed E-state index contributed by atoms with van der Waals surface area (Å²) in [5.41, 5.74) is 2.89. The molecule has 1 amide bonds. The van der Waals surface area contributed by atoms with E-state index in [9.17, 15) is 14.4 Å². The third kappa shape index (κ3) is 5.92. The normalized spacial score (nSPS) is 10.5. The number of carbonyl (C=O) groups excluding carboxylic acids is 3. The molecule has 0 spiro atoms. The van der Waals surface area contributed by atoms with Gasteiger partial charge in [0.2, 0.25) is 5.91 Å². The van der Waals surface area contributed by atoms with Crippen LogP contribution in [0.2, 0.25) is 0 Å². The van der Waals surface area contributed by atoms with E-state index >= 15 is 0 Å². The number of aryl methyl sites for hydroxylation is 1. The SMILES string of the molecule is COC(=O)c1cc(NC(=O)CN(C)Cc2ccc(C)cc2)cc(C(=O)OC)c1. The predicted molar refractivity (Wildman–Crippen MR) is 105 cm³/mol. The molecule has 2 rings (SSSR count). The molecule has 0 aromatic heterocycles.